The summed E-state index contributed by atoms with van der Waals surface area (Å²) in [5.74, 6) is 0.0308. The van der Waals surface area contributed by atoms with Crippen LogP contribution in [0, 0.1) is 0 Å². The van der Waals surface area contributed by atoms with Crippen molar-refractivity contribution in [3.63, 3.8) is 0 Å². The molecular weight excluding hydrogens is 214 g/mol. The largest absolute Gasteiger partial charge is 0.394 e. The van der Waals surface area contributed by atoms with E-state index in [2.05, 4.69) is 4.98 Å². The molecule has 0 unspecified atom stereocenters. The number of anilines is 1. The van der Waals surface area contributed by atoms with Crippen molar-refractivity contribution < 1.29 is 14.9 Å². The molecule has 3 atom stereocenters. The van der Waals surface area contributed by atoms with Crippen LogP contribution in [0.25, 0.3) is 0 Å². The van der Waals surface area contributed by atoms with Crippen molar-refractivity contribution in [3.8, 4) is 0 Å². The molecule has 2 rings (SSSR count). The number of rotatable bonds is 2. The van der Waals surface area contributed by atoms with E-state index in [1.165, 1.54) is 16.8 Å². The van der Waals surface area contributed by atoms with Crippen molar-refractivity contribution in [2.45, 2.75) is 24.9 Å². The van der Waals surface area contributed by atoms with E-state index >= 15 is 0 Å². The molecule has 1 aliphatic heterocycles. The number of nitrogen functional groups attached to an aromatic ring is 1. The average molecular weight is 227 g/mol. The fourth-order valence-corrected chi connectivity index (χ4v) is 1.72. The summed E-state index contributed by atoms with van der Waals surface area (Å²) in [4.78, 5) is 14.5. The van der Waals surface area contributed by atoms with Crippen molar-refractivity contribution in [1.29, 1.82) is 0 Å². The SMILES string of the molecule is Nc1nc(=O)ccn1[C@H]1C[C@H](O)[C@@H](CO)O1. The number of aromatic nitrogens is 2. The van der Waals surface area contributed by atoms with Gasteiger partial charge in [-0.05, 0) is 0 Å². The van der Waals surface area contributed by atoms with E-state index < -0.39 is 24.0 Å². The maximum Gasteiger partial charge on any atom is 0.274 e. The lowest BCUT2D eigenvalue weighted by Gasteiger charge is -2.16. The molecule has 0 spiro atoms. The highest BCUT2D eigenvalue weighted by molar-refractivity contribution is 5.17. The van der Waals surface area contributed by atoms with Gasteiger partial charge < -0.3 is 20.7 Å². The predicted octanol–water partition coefficient (Wildman–Crippen LogP) is -1.53. The summed E-state index contributed by atoms with van der Waals surface area (Å²) in [7, 11) is 0. The number of ether oxygens (including phenoxy) is 1. The van der Waals surface area contributed by atoms with Gasteiger partial charge in [0, 0.05) is 18.7 Å². The second-order valence-electron chi connectivity index (χ2n) is 3.65. The fraction of sp³-hybridized carbons (Fsp3) is 0.556. The molecule has 0 aromatic carbocycles. The van der Waals surface area contributed by atoms with Gasteiger partial charge in [0.1, 0.15) is 12.3 Å². The Balaban J connectivity index is 2.23. The lowest BCUT2D eigenvalue weighted by molar-refractivity contribution is -0.0440. The van der Waals surface area contributed by atoms with E-state index in [0.717, 1.165) is 0 Å². The van der Waals surface area contributed by atoms with Crippen LogP contribution in [0.15, 0.2) is 17.1 Å². The first-order valence-corrected chi connectivity index (χ1v) is 4.91. The van der Waals surface area contributed by atoms with Crippen LogP contribution in [0.1, 0.15) is 12.6 Å². The van der Waals surface area contributed by atoms with Crippen LogP contribution in [-0.2, 0) is 4.74 Å². The number of nitrogens with two attached hydrogens (primary N) is 1. The van der Waals surface area contributed by atoms with Crippen molar-refractivity contribution in [3.05, 3.63) is 22.6 Å². The molecule has 1 aromatic heterocycles. The molecular formula is C9H13N3O4. The third kappa shape index (κ3) is 1.92. The van der Waals surface area contributed by atoms with Crippen LogP contribution in [0.3, 0.4) is 0 Å². The maximum atomic E-state index is 10.9. The molecule has 0 radical (unpaired) electrons. The highest BCUT2D eigenvalue weighted by atomic mass is 16.5. The average Bonchev–Trinajstić information content (AvgIpc) is 2.59. The summed E-state index contributed by atoms with van der Waals surface area (Å²) < 4.78 is 6.83. The van der Waals surface area contributed by atoms with Crippen LogP contribution in [0.4, 0.5) is 5.95 Å². The van der Waals surface area contributed by atoms with Crippen LogP contribution in [-0.4, -0.2) is 38.6 Å². The zero-order valence-corrected chi connectivity index (χ0v) is 8.48. The summed E-state index contributed by atoms with van der Waals surface area (Å²) in [6.07, 6.45) is -0.0974. The standard InChI is InChI=1S/C9H13N3O4/c10-9-11-7(15)1-2-12(9)8-3-5(14)6(4-13)16-8/h1-2,5-6,8,13-14H,3-4H2,(H2,10,11,15)/t5-,6+,8+/m0/s1. The summed E-state index contributed by atoms with van der Waals surface area (Å²) in [5, 5.41) is 18.5. The van der Waals surface area contributed by atoms with Gasteiger partial charge in [0.15, 0.2) is 0 Å². The first-order valence-electron chi connectivity index (χ1n) is 4.91. The normalized spacial score (nSPS) is 29.5. The lowest BCUT2D eigenvalue weighted by atomic mass is 10.2. The third-order valence-electron chi connectivity index (χ3n) is 2.56. The Labute approximate surface area is 91.1 Å². The van der Waals surface area contributed by atoms with Crippen molar-refractivity contribution in [2.75, 3.05) is 12.3 Å². The molecule has 0 bridgehead atoms. The Morgan fingerprint density at radius 2 is 2.44 bits per heavy atom. The van der Waals surface area contributed by atoms with Gasteiger partial charge in [0.2, 0.25) is 5.95 Å². The van der Waals surface area contributed by atoms with Crippen LogP contribution >= 0.6 is 0 Å². The summed E-state index contributed by atoms with van der Waals surface area (Å²) in [6.45, 7) is -0.259. The highest BCUT2D eigenvalue weighted by Crippen LogP contribution is 2.29. The van der Waals surface area contributed by atoms with E-state index in [0.29, 0.717) is 6.42 Å². The van der Waals surface area contributed by atoms with Crippen molar-refractivity contribution in [1.82, 2.24) is 9.55 Å². The minimum Gasteiger partial charge on any atom is -0.394 e. The number of nitrogens with zero attached hydrogens (tertiary/aromatic N) is 2. The maximum absolute atomic E-state index is 10.9. The predicted molar refractivity (Wildman–Crippen MR) is 54.5 cm³/mol. The molecule has 4 N–H and O–H groups in total. The van der Waals surface area contributed by atoms with E-state index in [1.807, 2.05) is 0 Å². The summed E-state index contributed by atoms with van der Waals surface area (Å²) >= 11 is 0. The molecule has 1 saturated heterocycles. The van der Waals surface area contributed by atoms with E-state index in [4.69, 9.17) is 15.6 Å². The molecule has 0 aliphatic carbocycles. The second kappa shape index (κ2) is 4.20. The van der Waals surface area contributed by atoms with Crippen molar-refractivity contribution >= 4 is 5.95 Å². The molecule has 0 amide bonds. The van der Waals surface area contributed by atoms with Gasteiger partial charge >= 0.3 is 0 Å². The topological polar surface area (TPSA) is 111 Å². The smallest absolute Gasteiger partial charge is 0.274 e. The zero-order chi connectivity index (χ0) is 11.7. The quantitative estimate of drug-likeness (QED) is 0.565. The van der Waals surface area contributed by atoms with Crippen LogP contribution in [0.2, 0.25) is 0 Å². The second-order valence-corrected chi connectivity index (χ2v) is 3.65. The van der Waals surface area contributed by atoms with E-state index in [1.54, 1.807) is 0 Å². The molecule has 2 heterocycles. The molecule has 1 fully saturated rings. The summed E-state index contributed by atoms with van der Waals surface area (Å²) in [5.41, 5.74) is 5.14. The lowest BCUT2D eigenvalue weighted by Crippen LogP contribution is -2.24. The van der Waals surface area contributed by atoms with Gasteiger partial charge in [-0.1, -0.05) is 0 Å². The molecule has 16 heavy (non-hydrogen) atoms. The van der Waals surface area contributed by atoms with E-state index in [9.17, 15) is 9.90 Å². The van der Waals surface area contributed by atoms with Gasteiger partial charge in [-0.2, -0.15) is 4.98 Å². The number of aliphatic hydroxyl groups is 2. The molecule has 1 aromatic rings. The Hall–Kier alpha value is -1.44. The first kappa shape index (κ1) is 11.1. The van der Waals surface area contributed by atoms with Gasteiger partial charge in [0.05, 0.1) is 12.7 Å². The third-order valence-corrected chi connectivity index (χ3v) is 2.56. The fourth-order valence-electron chi connectivity index (χ4n) is 1.72. The van der Waals surface area contributed by atoms with Gasteiger partial charge in [0.25, 0.3) is 5.56 Å². The van der Waals surface area contributed by atoms with Gasteiger partial charge in [-0.25, -0.2) is 0 Å². The zero-order valence-electron chi connectivity index (χ0n) is 8.48. The number of aliphatic hydroxyl groups excluding tert-OH is 2. The Morgan fingerprint density at radius 3 is 3.00 bits per heavy atom. The Bertz CT molecular complexity index is 433. The van der Waals surface area contributed by atoms with E-state index in [-0.39, 0.29) is 12.6 Å². The Kier molecular flexibility index (Phi) is 2.90. The van der Waals surface area contributed by atoms with Gasteiger partial charge in [-0.15, -0.1) is 0 Å². The summed E-state index contributed by atoms with van der Waals surface area (Å²) in [6, 6.07) is 1.26. The molecule has 7 nitrogen and oxygen atoms in total. The van der Waals surface area contributed by atoms with Crippen molar-refractivity contribution in [2.24, 2.45) is 0 Å². The monoisotopic (exact) mass is 227 g/mol. The minimum absolute atomic E-state index is 0.0308. The minimum atomic E-state index is -0.742. The molecule has 88 valence electrons. The highest BCUT2D eigenvalue weighted by Gasteiger charge is 2.34. The Morgan fingerprint density at radius 1 is 1.69 bits per heavy atom. The number of hydrogen-bond donors (Lipinski definition) is 3. The molecule has 0 saturated carbocycles. The molecule has 1 aliphatic rings. The van der Waals surface area contributed by atoms with Crippen LogP contribution in [0.5, 0.6) is 0 Å². The van der Waals surface area contributed by atoms with Crippen LogP contribution < -0.4 is 11.3 Å². The van der Waals surface area contributed by atoms with Gasteiger partial charge in [-0.3, -0.25) is 9.36 Å². The number of hydrogen-bond acceptors (Lipinski definition) is 6. The molecule has 7 heteroatoms. The first-order chi connectivity index (χ1) is 7.61.